The van der Waals surface area contributed by atoms with Crippen LogP contribution in [0.2, 0.25) is 0 Å². The lowest BCUT2D eigenvalue weighted by Crippen LogP contribution is -2.51. The van der Waals surface area contributed by atoms with E-state index >= 15 is 0 Å². The van der Waals surface area contributed by atoms with Crippen LogP contribution >= 0.6 is 0 Å². The highest BCUT2D eigenvalue weighted by molar-refractivity contribution is 5.79. The summed E-state index contributed by atoms with van der Waals surface area (Å²) in [6, 6.07) is 0.408. The van der Waals surface area contributed by atoms with Gasteiger partial charge in [-0.3, -0.25) is 4.79 Å². The SMILES string of the molecule is CCc1nccn1C[C@@H](C)C(=O)N1CCCC[C@@H]1CN1CCCCCC1. The highest BCUT2D eigenvalue weighted by Crippen LogP contribution is 2.22. The molecule has 1 aromatic rings. The van der Waals surface area contributed by atoms with Crippen molar-refractivity contribution < 1.29 is 4.79 Å². The summed E-state index contributed by atoms with van der Waals surface area (Å²) >= 11 is 0. The summed E-state index contributed by atoms with van der Waals surface area (Å²) in [5.74, 6) is 1.42. The fourth-order valence-electron chi connectivity index (χ4n) is 4.57. The summed E-state index contributed by atoms with van der Waals surface area (Å²) in [4.78, 5) is 22.4. The zero-order valence-electron chi connectivity index (χ0n) is 16.7. The number of piperidine rings is 1. The lowest BCUT2D eigenvalue weighted by molar-refractivity contribution is -0.139. The zero-order chi connectivity index (χ0) is 18.4. The number of carbonyl (C=O) groups is 1. The predicted octanol–water partition coefficient (Wildman–Crippen LogP) is 3.34. The molecule has 2 saturated heterocycles. The standard InChI is InChI=1S/C21H36N4O/c1-3-20-22-11-15-24(20)16-18(2)21(26)25-14-9-6-10-19(25)17-23-12-7-4-5-8-13-23/h11,15,18-19H,3-10,12-14,16-17H2,1-2H3/t18-,19-/m1/s1. The largest absolute Gasteiger partial charge is 0.338 e. The van der Waals surface area contributed by atoms with Gasteiger partial charge in [-0.25, -0.2) is 4.98 Å². The molecule has 5 nitrogen and oxygen atoms in total. The first-order chi connectivity index (χ1) is 12.7. The Labute approximate surface area is 158 Å². The minimum Gasteiger partial charge on any atom is -0.338 e. The van der Waals surface area contributed by atoms with E-state index in [2.05, 4.69) is 33.2 Å². The van der Waals surface area contributed by atoms with Crippen molar-refractivity contribution in [3.8, 4) is 0 Å². The number of carbonyl (C=O) groups excluding carboxylic acids is 1. The molecule has 0 radical (unpaired) electrons. The molecule has 0 aliphatic carbocycles. The first-order valence-electron chi connectivity index (χ1n) is 10.7. The monoisotopic (exact) mass is 360 g/mol. The lowest BCUT2D eigenvalue weighted by Gasteiger charge is -2.40. The van der Waals surface area contributed by atoms with E-state index < -0.39 is 0 Å². The van der Waals surface area contributed by atoms with Crippen molar-refractivity contribution in [3.63, 3.8) is 0 Å². The third kappa shape index (κ3) is 4.87. The Balaban J connectivity index is 1.61. The molecule has 0 N–H and O–H groups in total. The fraction of sp³-hybridized carbons (Fsp3) is 0.810. The van der Waals surface area contributed by atoms with Gasteiger partial charge in [-0.05, 0) is 45.2 Å². The van der Waals surface area contributed by atoms with Crippen molar-refractivity contribution in [2.45, 2.75) is 77.8 Å². The fourth-order valence-corrected chi connectivity index (χ4v) is 4.57. The molecular weight excluding hydrogens is 324 g/mol. The highest BCUT2D eigenvalue weighted by atomic mass is 16.2. The Kier molecular flexibility index (Phi) is 7.12. The second-order valence-electron chi connectivity index (χ2n) is 8.15. The minimum absolute atomic E-state index is 0.0132. The number of imidazole rings is 1. The maximum absolute atomic E-state index is 13.2. The minimum atomic E-state index is 0.0132. The summed E-state index contributed by atoms with van der Waals surface area (Å²) < 4.78 is 2.15. The van der Waals surface area contributed by atoms with Crippen LogP contribution in [0.4, 0.5) is 0 Å². The Morgan fingerprint density at radius 2 is 1.88 bits per heavy atom. The molecule has 26 heavy (non-hydrogen) atoms. The molecule has 2 aliphatic rings. The molecule has 0 spiro atoms. The maximum atomic E-state index is 13.2. The van der Waals surface area contributed by atoms with E-state index in [1.807, 2.05) is 12.4 Å². The molecule has 5 heteroatoms. The van der Waals surface area contributed by atoms with Gasteiger partial charge in [0, 0.05) is 44.5 Å². The van der Waals surface area contributed by atoms with Gasteiger partial charge in [-0.15, -0.1) is 0 Å². The maximum Gasteiger partial charge on any atom is 0.227 e. The summed E-state index contributed by atoms with van der Waals surface area (Å²) in [6.45, 7) is 9.38. The number of likely N-dealkylation sites (tertiary alicyclic amines) is 2. The van der Waals surface area contributed by atoms with E-state index in [1.54, 1.807) is 0 Å². The van der Waals surface area contributed by atoms with Crippen molar-refractivity contribution in [2.24, 2.45) is 5.92 Å². The van der Waals surface area contributed by atoms with E-state index in [0.29, 0.717) is 11.9 Å². The molecule has 0 aromatic carbocycles. The van der Waals surface area contributed by atoms with Crippen molar-refractivity contribution >= 4 is 5.91 Å². The van der Waals surface area contributed by atoms with Gasteiger partial charge in [-0.2, -0.15) is 0 Å². The Morgan fingerprint density at radius 3 is 2.62 bits per heavy atom. The molecule has 0 bridgehead atoms. The summed E-state index contributed by atoms with van der Waals surface area (Å²) in [5.41, 5.74) is 0. The predicted molar refractivity (Wildman–Crippen MR) is 105 cm³/mol. The second-order valence-corrected chi connectivity index (χ2v) is 8.15. The topological polar surface area (TPSA) is 41.4 Å². The quantitative estimate of drug-likeness (QED) is 0.781. The molecule has 3 rings (SSSR count). The van der Waals surface area contributed by atoms with Gasteiger partial charge in [0.1, 0.15) is 5.82 Å². The third-order valence-corrected chi connectivity index (χ3v) is 6.09. The van der Waals surface area contributed by atoms with Gasteiger partial charge >= 0.3 is 0 Å². The number of aromatic nitrogens is 2. The number of nitrogens with zero attached hydrogens (tertiary/aromatic N) is 4. The summed E-state index contributed by atoms with van der Waals surface area (Å²) in [7, 11) is 0. The molecule has 146 valence electrons. The lowest BCUT2D eigenvalue weighted by atomic mass is 9.98. The van der Waals surface area contributed by atoms with Gasteiger partial charge in [0.05, 0.1) is 5.92 Å². The summed E-state index contributed by atoms with van der Waals surface area (Å²) in [5, 5.41) is 0. The number of hydrogen-bond acceptors (Lipinski definition) is 3. The molecule has 1 amide bonds. The third-order valence-electron chi connectivity index (χ3n) is 6.09. The Morgan fingerprint density at radius 1 is 1.15 bits per heavy atom. The van der Waals surface area contributed by atoms with E-state index in [-0.39, 0.29) is 5.92 Å². The number of hydrogen-bond donors (Lipinski definition) is 0. The van der Waals surface area contributed by atoms with E-state index in [0.717, 1.165) is 38.3 Å². The molecule has 2 atom stereocenters. The van der Waals surface area contributed by atoms with E-state index in [4.69, 9.17) is 0 Å². The molecule has 3 heterocycles. The molecule has 1 aromatic heterocycles. The normalized spacial score (nSPS) is 23.6. The van der Waals surface area contributed by atoms with Crippen LogP contribution in [0.15, 0.2) is 12.4 Å². The smallest absolute Gasteiger partial charge is 0.227 e. The second kappa shape index (κ2) is 9.54. The zero-order valence-corrected chi connectivity index (χ0v) is 16.7. The van der Waals surface area contributed by atoms with Gasteiger partial charge < -0.3 is 14.4 Å². The molecule has 2 fully saturated rings. The first-order valence-corrected chi connectivity index (χ1v) is 10.7. The van der Waals surface area contributed by atoms with Crippen LogP contribution in [0.1, 0.15) is 64.6 Å². The van der Waals surface area contributed by atoms with Crippen LogP contribution in [0.5, 0.6) is 0 Å². The van der Waals surface area contributed by atoms with Gasteiger partial charge in [0.15, 0.2) is 0 Å². The average Bonchev–Trinajstić information content (AvgIpc) is 2.95. The van der Waals surface area contributed by atoms with Crippen molar-refractivity contribution in [1.82, 2.24) is 19.4 Å². The van der Waals surface area contributed by atoms with Crippen LogP contribution in [0.25, 0.3) is 0 Å². The van der Waals surface area contributed by atoms with Gasteiger partial charge in [-0.1, -0.05) is 26.7 Å². The van der Waals surface area contributed by atoms with Crippen molar-refractivity contribution in [2.75, 3.05) is 26.2 Å². The highest BCUT2D eigenvalue weighted by Gasteiger charge is 2.31. The summed E-state index contributed by atoms with van der Waals surface area (Å²) in [6.07, 6.45) is 13.7. The molecule has 2 aliphatic heterocycles. The van der Waals surface area contributed by atoms with E-state index in [9.17, 15) is 4.79 Å². The average molecular weight is 361 g/mol. The van der Waals surface area contributed by atoms with Crippen LogP contribution in [0.3, 0.4) is 0 Å². The first kappa shape index (κ1) is 19.4. The molecule has 0 saturated carbocycles. The molecular formula is C21H36N4O. The number of aryl methyl sites for hydroxylation is 1. The van der Waals surface area contributed by atoms with Crippen LogP contribution in [-0.2, 0) is 17.8 Å². The number of amides is 1. The number of rotatable bonds is 6. The van der Waals surface area contributed by atoms with Gasteiger partial charge in [0.25, 0.3) is 0 Å². The van der Waals surface area contributed by atoms with Crippen molar-refractivity contribution in [1.29, 1.82) is 0 Å². The van der Waals surface area contributed by atoms with Gasteiger partial charge in [0.2, 0.25) is 5.91 Å². The Hall–Kier alpha value is -1.36. The van der Waals surface area contributed by atoms with Crippen LogP contribution < -0.4 is 0 Å². The van der Waals surface area contributed by atoms with Crippen molar-refractivity contribution in [3.05, 3.63) is 18.2 Å². The van der Waals surface area contributed by atoms with Crippen LogP contribution in [-0.4, -0.2) is 57.5 Å². The molecule has 0 unspecified atom stereocenters. The Bertz CT molecular complexity index is 562. The van der Waals surface area contributed by atoms with E-state index in [1.165, 1.54) is 51.6 Å². The van der Waals surface area contributed by atoms with Crippen LogP contribution in [0, 0.1) is 5.92 Å².